The predicted molar refractivity (Wildman–Crippen MR) is 123 cm³/mol. The Balaban J connectivity index is 2.22. The Labute approximate surface area is 184 Å². The first-order chi connectivity index (χ1) is 14.3. The molecule has 6 heteroatoms. The molecular weight excluding hydrogens is 396 g/mol. The summed E-state index contributed by atoms with van der Waals surface area (Å²) in [6.45, 7) is 8.17. The van der Waals surface area contributed by atoms with Gasteiger partial charge in [0.1, 0.15) is 11.8 Å². The van der Waals surface area contributed by atoms with Crippen LogP contribution in [0.5, 0.6) is 5.75 Å². The summed E-state index contributed by atoms with van der Waals surface area (Å²) in [4.78, 5) is 28.8. The number of rotatable bonds is 10. The third-order valence-corrected chi connectivity index (χ3v) is 5.68. The standard InChI is InChI=1S/C24H32N2O3S/c1-6-22(24(28)25-17(2)3)26(15-19-8-7-9-20(14-19)29-5)23(27)16-30-21-12-10-18(4)11-13-21/h7-14,17,22H,6,15-16H2,1-5H3,(H,25,28)/t22-/m0/s1. The highest BCUT2D eigenvalue weighted by molar-refractivity contribution is 8.00. The summed E-state index contributed by atoms with van der Waals surface area (Å²) in [5.41, 5.74) is 2.11. The van der Waals surface area contributed by atoms with Gasteiger partial charge in [-0.2, -0.15) is 0 Å². The third-order valence-electron chi connectivity index (χ3n) is 4.69. The van der Waals surface area contributed by atoms with Crippen molar-refractivity contribution in [3.8, 4) is 5.75 Å². The van der Waals surface area contributed by atoms with E-state index in [1.807, 2.05) is 76.2 Å². The summed E-state index contributed by atoms with van der Waals surface area (Å²) in [5, 5.41) is 2.95. The number of hydrogen-bond donors (Lipinski definition) is 1. The summed E-state index contributed by atoms with van der Waals surface area (Å²) >= 11 is 1.49. The van der Waals surface area contributed by atoms with Crippen molar-refractivity contribution in [3.05, 3.63) is 59.7 Å². The van der Waals surface area contributed by atoms with Crippen molar-refractivity contribution in [1.29, 1.82) is 0 Å². The van der Waals surface area contributed by atoms with Gasteiger partial charge >= 0.3 is 0 Å². The molecule has 0 aromatic heterocycles. The number of carbonyl (C=O) groups is 2. The zero-order valence-electron chi connectivity index (χ0n) is 18.5. The van der Waals surface area contributed by atoms with E-state index in [2.05, 4.69) is 5.32 Å². The number of amides is 2. The van der Waals surface area contributed by atoms with E-state index in [1.54, 1.807) is 12.0 Å². The van der Waals surface area contributed by atoms with Crippen LogP contribution in [-0.4, -0.2) is 41.7 Å². The number of nitrogens with zero attached hydrogens (tertiary/aromatic N) is 1. The second kappa shape index (κ2) is 11.6. The van der Waals surface area contributed by atoms with Gasteiger partial charge in [0.05, 0.1) is 12.9 Å². The summed E-state index contributed by atoms with van der Waals surface area (Å²) < 4.78 is 5.31. The lowest BCUT2D eigenvalue weighted by molar-refractivity contribution is -0.139. The zero-order valence-corrected chi connectivity index (χ0v) is 19.3. The van der Waals surface area contributed by atoms with Crippen LogP contribution >= 0.6 is 11.8 Å². The number of methoxy groups -OCH3 is 1. The molecule has 30 heavy (non-hydrogen) atoms. The normalized spacial score (nSPS) is 11.8. The molecule has 162 valence electrons. The number of hydrogen-bond acceptors (Lipinski definition) is 4. The fourth-order valence-electron chi connectivity index (χ4n) is 3.13. The van der Waals surface area contributed by atoms with Crippen LogP contribution in [-0.2, 0) is 16.1 Å². The molecule has 0 saturated heterocycles. The molecule has 2 aromatic rings. The van der Waals surface area contributed by atoms with Crippen molar-refractivity contribution in [2.24, 2.45) is 0 Å². The Morgan fingerprint density at radius 3 is 2.43 bits per heavy atom. The van der Waals surface area contributed by atoms with E-state index >= 15 is 0 Å². The summed E-state index contributed by atoms with van der Waals surface area (Å²) in [7, 11) is 1.62. The maximum absolute atomic E-state index is 13.2. The van der Waals surface area contributed by atoms with Crippen molar-refractivity contribution in [3.63, 3.8) is 0 Å². The fourth-order valence-corrected chi connectivity index (χ4v) is 3.91. The highest BCUT2D eigenvalue weighted by Gasteiger charge is 2.29. The quantitative estimate of drug-likeness (QED) is 0.569. The van der Waals surface area contributed by atoms with Gasteiger partial charge < -0.3 is 15.0 Å². The van der Waals surface area contributed by atoms with Gasteiger partial charge in [0.2, 0.25) is 11.8 Å². The Morgan fingerprint density at radius 2 is 1.83 bits per heavy atom. The summed E-state index contributed by atoms with van der Waals surface area (Å²) in [5.74, 6) is 0.824. The van der Waals surface area contributed by atoms with E-state index in [0.717, 1.165) is 16.2 Å². The average Bonchev–Trinajstić information content (AvgIpc) is 2.72. The minimum Gasteiger partial charge on any atom is -0.497 e. The van der Waals surface area contributed by atoms with Crippen LogP contribution in [0.1, 0.15) is 38.3 Å². The molecule has 1 atom stereocenters. The first kappa shape index (κ1) is 23.8. The van der Waals surface area contributed by atoms with Crippen molar-refractivity contribution >= 4 is 23.6 Å². The van der Waals surface area contributed by atoms with Crippen LogP contribution in [0.15, 0.2) is 53.4 Å². The molecule has 5 nitrogen and oxygen atoms in total. The van der Waals surface area contributed by atoms with Gasteiger partial charge in [0.25, 0.3) is 0 Å². The van der Waals surface area contributed by atoms with E-state index in [0.29, 0.717) is 13.0 Å². The van der Waals surface area contributed by atoms with Crippen LogP contribution < -0.4 is 10.1 Å². The lowest BCUT2D eigenvalue weighted by Crippen LogP contribution is -2.50. The molecule has 0 aliphatic carbocycles. The van der Waals surface area contributed by atoms with Crippen molar-refractivity contribution in [1.82, 2.24) is 10.2 Å². The molecule has 1 N–H and O–H groups in total. The lowest BCUT2D eigenvalue weighted by atomic mass is 10.1. The first-order valence-electron chi connectivity index (χ1n) is 10.3. The van der Waals surface area contributed by atoms with Crippen LogP contribution in [0.4, 0.5) is 0 Å². The van der Waals surface area contributed by atoms with Crippen molar-refractivity contribution in [2.45, 2.75) is 57.6 Å². The molecule has 0 bridgehead atoms. The van der Waals surface area contributed by atoms with Crippen LogP contribution in [0, 0.1) is 6.92 Å². The Kier molecular flexibility index (Phi) is 9.24. The molecule has 0 saturated carbocycles. The SMILES string of the molecule is CC[C@@H](C(=O)NC(C)C)N(Cc1cccc(OC)c1)C(=O)CSc1ccc(C)cc1. The number of ether oxygens (including phenoxy) is 1. The second-order valence-corrected chi connectivity index (χ2v) is 8.61. The molecule has 2 amide bonds. The minimum atomic E-state index is -0.523. The van der Waals surface area contributed by atoms with E-state index in [4.69, 9.17) is 4.74 Å². The van der Waals surface area contributed by atoms with Gasteiger partial charge in [-0.25, -0.2) is 0 Å². The highest BCUT2D eigenvalue weighted by Crippen LogP contribution is 2.22. The second-order valence-electron chi connectivity index (χ2n) is 7.56. The highest BCUT2D eigenvalue weighted by atomic mass is 32.2. The molecular formula is C24H32N2O3S. The molecule has 0 unspecified atom stereocenters. The Morgan fingerprint density at radius 1 is 1.13 bits per heavy atom. The van der Waals surface area contributed by atoms with Crippen molar-refractivity contribution in [2.75, 3.05) is 12.9 Å². The van der Waals surface area contributed by atoms with Gasteiger partial charge in [-0.1, -0.05) is 36.8 Å². The van der Waals surface area contributed by atoms with Gasteiger partial charge in [0, 0.05) is 17.5 Å². The van der Waals surface area contributed by atoms with Crippen molar-refractivity contribution < 1.29 is 14.3 Å². The minimum absolute atomic E-state index is 0.0160. The largest absolute Gasteiger partial charge is 0.497 e. The maximum atomic E-state index is 13.2. The number of carbonyl (C=O) groups excluding carboxylic acids is 2. The number of benzene rings is 2. The van der Waals surface area contributed by atoms with E-state index in [-0.39, 0.29) is 23.6 Å². The fraction of sp³-hybridized carbons (Fsp3) is 0.417. The molecule has 0 fully saturated rings. The summed E-state index contributed by atoms with van der Waals surface area (Å²) in [6.07, 6.45) is 0.545. The van der Waals surface area contributed by atoms with Gasteiger partial charge in [-0.15, -0.1) is 11.8 Å². The van der Waals surface area contributed by atoms with Crippen LogP contribution in [0.2, 0.25) is 0 Å². The first-order valence-corrected chi connectivity index (χ1v) is 11.2. The van der Waals surface area contributed by atoms with E-state index in [9.17, 15) is 9.59 Å². The van der Waals surface area contributed by atoms with Gasteiger partial charge in [-0.05, 0) is 57.0 Å². The third kappa shape index (κ3) is 7.10. The molecule has 0 spiro atoms. The predicted octanol–water partition coefficient (Wildman–Crippen LogP) is 4.43. The number of thioether (sulfide) groups is 1. The zero-order chi connectivity index (χ0) is 22.1. The maximum Gasteiger partial charge on any atom is 0.243 e. The Bertz CT molecular complexity index is 837. The number of aryl methyl sites for hydroxylation is 1. The average molecular weight is 429 g/mol. The molecule has 2 aromatic carbocycles. The van der Waals surface area contributed by atoms with Crippen LogP contribution in [0.3, 0.4) is 0 Å². The van der Waals surface area contributed by atoms with E-state index < -0.39 is 6.04 Å². The van der Waals surface area contributed by atoms with Gasteiger partial charge in [-0.3, -0.25) is 9.59 Å². The van der Waals surface area contributed by atoms with Crippen LogP contribution in [0.25, 0.3) is 0 Å². The molecule has 0 heterocycles. The Hall–Kier alpha value is -2.47. The number of nitrogens with one attached hydrogen (secondary N) is 1. The topological polar surface area (TPSA) is 58.6 Å². The molecule has 2 rings (SSSR count). The van der Waals surface area contributed by atoms with Gasteiger partial charge in [0.15, 0.2) is 0 Å². The smallest absolute Gasteiger partial charge is 0.243 e. The lowest BCUT2D eigenvalue weighted by Gasteiger charge is -2.31. The molecule has 0 aliphatic heterocycles. The van der Waals surface area contributed by atoms with E-state index in [1.165, 1.54) is 17.3 Å². The summed E-state index contributed by atoms with van der Waals surface area (Å²) in [6, 6.07) is 15.2. The molecule has 0 aliphatic rings. The molecule has 0 radical (unpaired) electrons. The monoisotopic (exact) mass is 428 g/mol.